The van der Waals surface area contributed by atoms with Crippen LogP contribution in [0.1, 0.15) is 7.43 Å². The van der Waals surface area contributed by atoms with Crippen molar-refractivity contribution in [2.45, 2.75) is 7.43 Å². The van der Waals surface area contributed by atoms with Gasteiger partial charge in [-0.05, 0) is 87.0 Å². The Labute approximate surface area is 261 Å². The summed E-state index contributed by atoms with van der Waals surface area (Å²) in [6, 6.07) is 55.7. The van der Waals surface area contributed by atoms with Crippen LogP contribution in [0, 0.1) is 0 Å². The molecule has 0 fully saturated rings. The molecule has 0 unspecified atom stereocenters. The molecule has 2 nitrogen and oxygen atoms in total. The molecule has 0 saturated heterocycles. The standard InChI is InChI=1S/C42H26O2.CH4/c1-3-9-27(10-4-1)29-13-7-15-31(21-29)33-17-19-39-35(23-33)37-25-38-36-24-34(18-20-40(36)44-42(38)26-41(37)43-39)32-16-8-14-30(22-32)28-11-5-2-6-12-28;/h1-26H;1H4. The predicted octanol–water partition coefficient (Wildman–Crippen LogP) is 12.8. The molecule has 2 heterocycles. The van der Waals surface area contributed by atoms with Crippen LogP contribution in [0.4, 0.5) is 0 Å². The Bertz CT molecular complexity index is 2310. The SMILES string of the molecule is C.c1ccc(-c2cccc(-c3ccc4oc5cc6oc7ccc(-c8cccc(-c9ccccc9)c8)cc7c6cc5c4c3)c2)cc1. The van der Waals surface area contributed by atoms with E-state index in [1.165, 1.54) is 33.4 Å². The Morgan fingerprint density at radius 1 is 0.244 bits per heavy atom. The summed E-state index contributed by atoms with van der Waals surface area (Å²) in [7, 11) is 0. The Morgan fingerprint density at radius 3 is 1.04 bits per heavy atom. The van der Waals surface area contributed by atoms with E-state index in [0.717, 1.165) is 55.0 Å². The number of fused-ring (bicyclic) bond motifs is 6. The number of furan rings is 2. The first-order chi connectivity index (χ1) is 21.8. The van der Waals surface area contributed by atoms with Crippen molar-refractivity contribution in [2.24, 2.45) is 0 Å². The Morgan fingerprint density at radius 2 is 0.600 bits per heavy atom. The van der Waals surface area contributed by atoms with Crippen molar-refractivity contribution in [3.8, 4) is 44.5 Å². The minimum Gasteiger partial charge on any atom is -0.456 e. The minimum atomic E-state index is 0. The van der Waals surface area contributed by atoms with Gasteiger partial charge in [0.05, 0.1) is 0 Å². The molecular weight excluding hydrogens is 548 g/mol. The lowest BCUT2D eigenvalue weighted by Gasteiger charge is -2.06. The minimum absolute atomic E-state index is 0. The smallest absolute Gasteiger partial charge is 0.139 e. The largest absolute Gasteiger partial charge is 0.456 e. The Kier molecular flexibility index (Phi) is 6.36. The van der Waals surface area contributed by atoms with E-state index in [9.17, 15) is 0 Å². The van der Waals surface area contributed by atoms with Crippen molar-refractivity contribution in [1.29, 1.82) is 0 Å². The van der Waals surface area contributed by atoms with E-state index in [-0.39, 0.29) is 7.43 Å². The lowest BCUT2D eigenvalue weighted by molar-refractivity contribution is 0.656. The second-order valence-electron chi connectivity index (χ2n) is 11.4. The predicted molar refractivity (Wildman–Crippen MR) is 189 cm³/mol. The third kappa shape index (κ3) is 4.59. The number of hydrogen-bond donors (Lipinski definition) is 0. The normalized spacial score (nSPS) is 11.4. The summed E-state index contributed by atoms with van der Waals surface area (Å²) in [5.74, 6) is 0. The van der Waals surface area contributed by atoms with Gasteiger partial charge in [0.1, 0.15) is 22.3 Å². The molecule has 0 atom stereocenters. The van der Waals surface area contributed by atoms with Gasteiger partial charge >= 0.3 is 0 Å². The van der Waals surface area contributed by atoms with Crippen molar-refractivity contribution >= 4 is 43.9 Å². The first-order valence-corrected chi connectivity index (χ1v) is 14.9. The van der Waals surface area contributed by atoms with Gasteiger partial charge in [0, 0.05) is 27.6 Å². The summed E-state index contributed by atoms with van der Waals surface area (Å²) < 4.78 is 12.7. The van der Waals surface area contributed by atoms with Crippen LogP contribution in [0.5, 0.6) is 0 Å². The first kappa shape index (κ1) is 26.7. The molecule has 9 aromatic rings. The van der Waals surface area contributed by atoms with Crippen LogP contribution in [-0.2, 0) is 0 Å². The molecule has 214 valence electrons. The summed E-state index contributed by atoms with van der Waals surface area (Å²) in [6.07, 6.45) is 0. The Balaban J connectivity index is 0.00000300. The van der Waals surface area contributed by atoms with Crippen LogP contribution in [0.25, 0.3) is 88.4 Å². The van der Waals surface area contributed by atoms with Crippen LogP contribution in [-0.4, -0.2) is 0 Å². The van der Waals surface area contributed by atoms with Crippen LogP contribution in [0.2, 0.25) is 0 Å². The maximum absolute atomic E-state index is 6.33. The van der Waals surface area contributed by atoms with E-state index >= 15 is 0 Å². The van der Waals surface area contributed by atoms with Crippen molar-refractivity contribution in [2.75, 3.05) is 0 Å². The fraction of sp³-hybridized carbons (Fsp3) is 0.0233. The van der Waals surface area contributed by atoms with Gasteiger partial charge < -0.3 is 8.83 Å². The van der Waals surface area contributed by atoms with Crippen molar-refractivity contribution in [3.63, 3.8) is 0 Å². The molecule has 2 aromatic heterocycles. The maximum atomic E-state index is 6.33. The van der Waals surface area contributed by atoms with Crippen LogP contribution >= 0.6 is 0 Å². The topological polar surface area (TPSA) is 26.3 Å². The van der Waals surface area contributed by atoms with E-state index in [1.54, 1.807) is 0 Å². The highest BCUT2D eigenvalue weighted by atomic mass is 16.3. The highest BCUT2D eigenvalue weighted by Crippen LogP contribution is 2.40. The molecule has 0 aliphatic rings. The van der Waals surface area contributed by atoms with Gasteiger partial charge in [-0.2, -0.15) is 0 Å². The molecule has 45 heavy (non-hydrogen) atoms. The van der Waals surface area contributed by atoms with Crippen LogP contribution in [0.15, 0.2) is 167 Å². The monoisotopic (exact) mass is 578 g/mol. The van der Waals surface area contributed by atoms with E-state index in [4.69, 9.17) is 8.83 Å². The van der Waals surface area contributed by atoms with Crippen molar-refractivity contribution in [1.82, 2.24) is 0 Å². The third-order valence-corrected chi connectivity index (χ3v) is 8.67. The first-order valence-electron chi connectivity index (χ1n) is 14.9. The van der Waals surface area contributed by atoms with Crippen LogP contribution in [0.3, 0.4) is 0 Å². The Hall–Kier alpha value is -5.86. The van der Waals surface area contributed by atoms with Gasteiger partial charge in [0.2, 0.25) is 0 Å². The molecule has 0 radical (unpaired) electrons. The highest BCUT2D eigenvalue weighted by Gasteiger charge is 2.15. The van der Waals surface area contributed by atoms with Crippen LogP contribution < -0.4 is 0 Å². The molecule has 7 aromatic carbocycles. The van der Waals surface area contributed by atoms with E-state index in [1.807, 2.05) is 6.07 Å². The molecule has 0 bridgehead atoms. The summed E-state index contributed by atoms with van der Waals surface area (Å²) >= 11 is 0. The quantitative estimate of drug-likeness (QED) is 0.208. The average Bonchev–Trinajstić information content (AvgIpc) is 3.64. The van der Waals surface area contributed by atoms with Crippen molar-refractivity contribution in [3.05, 3.63) is 158 Å². The van der Waals surface area contributed by atoms with Gasteiger partial charge in [-0.1, -0.05) is 117 Å². The fourth-order valence-electron chi connectivity index (χ4n) is 6.42. The van der Waals surface area contributed by atoms with E-state index < -0.39 is 0 Å². The summed E-state index contributed by atoms with van der Waals surface area (Å²) in [5, 5.41) is 4.39. The molecule has 2 heteroatoms. The lowest BCUT2D eigenvalue weighted by Crippen LogP contribution is -1.81. The molecule has 0 N–H and O–H groups in total. The summed E-state index contributed by atoms with van der Waals surface area (Å²) in [6.45, 7) is 0. The number of rotatable bonds is 4. The van der Waals surface area contributed by atoms with Gasteiger partial charge in [-0.25, -0.2) is 0 Å². The third-order valence-electron chi connectivity index (χ3n) is 8.67. The zero-order valence-electron chi connectivity index (χ0n) is 23.8. The second kappa shape index (κ2) is 10.7. The van der Waals surface area contributed by atoms with E-state index in [2.05, 4.69) is 152 Å². The van der Waals surface area contributed by atoms with Gasteiger partial charge in [-0.3, -0.25) is 0 Å². The number of hydrogen-bond acceptors (Lipinski definition) is 2. The summed E-state index contributed by atoms with van der Waals surface area (Å²) in [5.41, 5.74) is 12.9. The van der Waals surface area contributed by atoms with Gasteiger partial charge in [0.25, 0.3) is 0 Å². The molecule has 9 rings (SSSR count). The second-order valence-corrected chi connectivity index (χ2v) is 11.4. The molecule has 0 aliphatic carbocycles. The molecular formula is C43H30O2. The van der Waals surface area contributed by atoms with Gasteiger partial charge in [0.15, 0.2) is 0 Å². The van der Waals surface area contributed by atoms with Gasteiger partial charge in [-0.15, -0.1) is 0 Å². The summed E-state index contributed by atoms with van der Waals surface area (Å²) in [4.78, 5) is 0. The highest BCUT2D eigenvalue weighted by molar-refractivity contribution is 6.16. The zero-order valence-corrected chi connectivity index (χ0v) is 23.8. The zero-order chi connectivity index (χ0) is 29.0. The molecule has 0 amide bonds. The average molecular weight is 579 g/mol. The molecule has 0 saturated carbocycles. The van der Waals surface area contributed by atoms with E-state index in [0.29, 0.717) is 0 Å². The fourth-order valence-corrected chi connectivity index (χ4v) is 6.42. The molecule has 0 spiro atoms. The molecule has 0 aliphatic heterocycles. The number of benzene rings is 7. The lowest BCUT2D eigenvalue weighted by atomic mass is 9.97. The van der Waals surface area contributed by atoms with Crippen molar-refractivity contribution < 1.29 is 8.83 Å². The maximum Gasteiger partial charge on any atom is 0.139 e.